The van der Waals surface area contributed by atoms with Crippen molar-refractivity contribution < 1.29 is 14.7 Å². The molecule has 2 aliphatic rings. The van der Waals surface area contributed by atoms with Gasteiger partial charge in [0, 0.05) is 19.3 Å². The normalized spacial score (nSPS) is 26.1. The molecule has 0 radical (unpaired) electrons. The molecule has 2 heterocycles. The summed E-state index contributed by atoms with van der Waals surface area (Å²) in [6.07, 6.45) is 5.20. The van der Waals surface area contributed by atoms with E-state index in [2.05, 4.69) is 17.2 Å². The highest BCUT2D eigenvalue weighted by Crippen LogP contribution is 2.48. The van der Waals surface area contributed by atoms with E-state index in [9.17, 15) is 14.7 Å². The van der Waals surface area contributed by atoms with Crippen molar-refractivity contribution in [3.63, 3.8) is 0 Å². The van der Waals surface area contributed by atoms with E-state index in [1.807, 2.05) is 12.1 Å². The Labute approximate surface area is 135 Å². The second kappa shape index (κ2) is 6.18. The summed E-state index contributed by atoms with van der Waals surface area (Å²) >= 11 is 0. The second-order valence-electron chi connectivity index (χ2n) is 6.60. The number of carboxylic acid groups (broad SMARTS) is 1. The quantitative estimate of drug-likeness (QED) is 0.890. The van der Waals surface area contributed by atoms with Gasteiger partial charge in [-0.05, 0) is 42.9 Å². The van der Waals surface area contributed by atoms with E-state index in [4.69, 9.17) is 0 Å². The van der Waals surface area contributed by atoms with Crippen LogP contribution in [0.1, 0.15) is 37.4 Å². The number of aliphatic carboxylic acids is 1. The molecule has 1 aliphatic heterocycles. The number of amides is 2. The van der Waals surface area contributed by atoms with Crippen molar-refractivity contribution in [2.45, 2.75) is 39.2 Å². The molecule has 124 valence electrons. The number of carboxylic acids is 1. The molecule has 1 saturated heterocycles. The molecule has 0 spiro atoms. The van der Waals surface area contributed by atoms with Gasteiger partial charge in [-0.15, -0.1) is 0 Å². The van der Waals surface area contributed by atoms with Crippen LogP contribution < -0.4 is 5.32 Å². The van der Waals surface area contributed by atoms with Crippen LogP contribution in [0.3, 0.4) is 0 Å². The second-order valence-corrected chi connectivity index (χ2v) is 6.60. The van der Waals surface area contributed by atoms with Crippen molar-refractivity contribution in [1.82, 2.24) is 15.2 Å². The van der Waals surface area contributed by atoms with Crippen LogP contribution in [0.2, 0.25) is 0 Å². The van der Waals surface area contributed by atoms with E-state index in [-0.39, 0.29) is 11.9 Å². The highest BCUT2D eigenvalue weighted by molar-refractivity contribution is 5.80. The summed E-state index contributed by atoms with van der Waals surface area (Å²) in [4.78, 5) is 29.9. The van der Waals surface area contributed by atoms with Crippen molar-refractivity contribution in [2.24, 2.45) is 11.3 Å². The molecular weight excluding hydrogens is 294 g/mol. The Bertz CT molecular complexity index is 619. The number of carbonyl (C=O) groups excluding carboxylic acids is 1. The number of urea groups is 1. The van der Waals surface area contributed by atoms with E-state index < -0.39 is 11.4 Å². The minimum atomic E-state index is -0.757. The molecule has 3 rings (SSSR count). The van der Waals surface area contributed by atoms with Crippen LogP contribution in [0.25, 0.3) is 0 Å². The summed E-state index contributed by atoms with van der Waals surface area (Å²) in [5, 5.41) is 12.4. The number of rotatable bonds is 4. The minimum Gasteiger partial charge on any atom is -0.481 e. The van der Waals surface area contributed by atoms with Gasteiger partial charge < -0.3 is 15.3 Å². The van der Waals surface area contributed by atoms with Gasteiger partial charge in [-0.3, -0.25) is 9.78 Å². The Kier molecular flexibility index (Phi) is 4.24. The molecule has 2 N–H and O–H groups in total. The van der Waals surface area contributed by atoms with Gasteiger partial charge in [-0.1, -0.05) is 13.3 Å². The fourth-order valence-electron chi connectivity index (χ4n) is 3.92. The Morgan fingerprint density at radius 2 is 2.35 bits per heavy atom. The molecular formula is C17H23N3O3. The first kappa shape index (κ1) is 15.8. The van der Waals surface area contributed by atoms with Crippen molar-refractivity contribution in [3.8, 4) is 0 Å². The van der Waals surface area contributed by atoms with Gasteiger partial charge >= 0.3 is 12.0 Å². The zero-order valence-corrected chi connectivity index (χ0v) is 13.4. The smallest absolute Gasteiger partial charge is 0.317 e. The number of hydrogen-bond acceptors (Lipinski definition) is 3. The topological polar surface area (TPSA) is 82.5 Å². The number of pyridine rings is 1. The molecule has 2 atom stereocenters. The molecule has 23 heavy (non-hydrogen) atoms. The molecule has 0 bridgehead atoms. The van der Waals surface area contributed by atoms with Crippen LogP contribution >= 0.6 is 0 Å². The van der Waals surface area contributed by atoms with Crippen molar-refractivity contribution in [3.05, 3.63) is 29.6 Å². The molecule has 6 nitrogen and oxygen atoms in total. The molecule has 1 aromatic rings. The number of nitrogens with zero attached hydrogens (tertiary/aromatic N) is 2. The standard InChI is InChI=1S/C17H23N3O3/c1-2-12-5-7-18-14(8-12)9-19-16(23)20-10-13-4-3-6-17(13,11-20)15(21)22/h5,7-8,13H,2-4,6,9-11H2,1H3,(H,19,23)(H,21,22)/t13-,17+/m0/s1. The number of carbonyl (C=O) groups is 2. The Morgan fingerprint density at radius 3 is 3.04 bits per heavy atom. The maximum Gasteiger partial charge on any atom is 0.317 e. The van der Waals surface area contributed by atoms with Gasteiger partial charge in [0.2, 0.25) is 0 Å². The van der Waals surface area contributed by atoms with Gasteiger partial charge in [0.15, 0.2) is 0 Å². The van der Waals surface area contributed by atoms with Crippen LogP contribution in [-0.2, 0) is 17.8 Å². The molecule has 1 saturated carbocycles. The number of likely N-dealkylation sites (tertiary alicyclic amines) is 1. The fourth-order valence-corrected chi connectivity index (χ4v) is 3.92. The molecule has 1 aromatic heterocycles. The lowest BCUT2D eigenvalue weighted by molar-refractivity contribution is -0.149. The van der Waals surface area contributed by atoms with Crippen LogP contribution in [0.15, 0.2) is 18.3 Å². The molecule has 2 fully saturated rings. The summed E-state index contributed by atoms with van der Waals surface area (Å²) in [6.45, 7) is 3.31. The third-order valence-electron chi connectivity index (χ3n) is 5.29. The molecule has 0 aromatic carbocycles. The van der Waals surface area contributed by atoms with Gasteiger partial charge in [0.05, 0.1) is 17.7 Å². The highest BCUT2D eigenvalue weighted by atomic mass is 16.4. The summed E-state index contributed by atoms with van der Waals surface area (Å²) in [5.74, 6) is -0.667. The number of hydrogen-bond donors (Lipinski definition) is 2. The summed E-state index contributed by atoms with van der Waals surface area (Å²) in [7, 11) is 0. The lowest BCUT2D eigenvalue weighted by Crippen LogP contribution is -2.41. The maximum absolute atomic E-state index is 12.4. The Morgan fingerprint density at radius 1 is 1.52 bits per heavy atom. The van der Waals surface area contributed by atoms with Gasteiger partial charge in [0.25, 0.3) is 0 Å². The van der Waals surface area contributed by atoms with E-state index in [1.54, 1.807) is 11.1 Å². The lowest BCUT2D eigenvalue weighted by Gasteiger charge is -2.23. The first-order valence-electron chi connectivity index (χ1n) is 8.25. The van der Waals surface area contributed by atoms with E-state index in [0.717, 1.165) is 25.0 Å². The first-order chi connectivity index (χ1) is 11.0. The number of aryl methyl sites for hydroxylation is 1. The number of nitrogens with one attached hydrogen (secondary N) is 1. The van der Waals surface area contributed by atoms with E-state index in [0.29, 0.717) is 26.1 Å². The third kappa shape index (κ3) is 2.90. The molecule has 6 heteroatoms. The average Bonchev–Trinajstić information content (AvgIpc) is 3.11. The van der Waals surface area contributed by atoms with Crippen molar-refractivity contribution >= 4 is 12.0 Å². The zero-order chi connectivity index (χ0) is 16.4. The van der Waals surface area contributed by atoms with Crippen molar-refractivity contribution in [2.75, 3.05) is 13.1 Å². The van der Waals surface area contributed by atoms with Crippen molar-refractivity contribution in [1.29, 1.82) is 0 Å². The highest BCUT2D eigenvalue weighted by Gasteiger charge is 2.55. The molecule has 2 amide bonds. The molecule has 0 unspecified atom stereocenters. The van der Waals surface area contributed by atoms with Gasteiger partial charge in [-0.2, -0.15) is 0 Å². The third-order valence-corrected chi connectivity index (χ3v) is 5.29. The van der Waals surface area contributed by atoms with E-state index in [1.165, 1.54) is 5.56 Å². The van der Waals surface area contributed by atoms with Gasteiger partial charge in [0.1, 0.15) is 0 Å². The Hall–Kier alpha value is -2.11. The van der Waals surface area contributed by atoms with Crippen LogP contribution in [0.5, 0.6) is 0 Å². The predicted molar refractivity (Wildman–Crippen MR) is 84.8 cm³/mol. The number of fused-ring (bicyclic) bond motifs is 1. The summed E-state index contributed by atoms with van der Waals surface area (Å²) in [6, 6.07) is 3.75. The largest absolute Gasteiger partial charge is 0.481 e. The predicted octanol–water partition coefficient (Wildman–Crippen LogP) is 2.04. The lowest BCUT2D eigenvalue weighted by atomic mass is 9.81. The van der Waals surface area contributed by atoms with Crippen LogP contribution in [0, 0.1) is 11.3 Å². The van der Waals surface area contributed by atoms with Crippen LogP contribution in [0.4, 0.5) is 4.79 Å². The monoisotopic (exact) mass is 317 g/mol. The first-order valence-corrected chi connectivity index (χ1v) is 8.25. The molecule has 1 aliphatic carbocycles. The maximum atomic E-state index is 12.4. The number of aromatic nitrogens is 1. The average molecular weight is 317 g/mol. The fraction of sp³-hybridized carbons (Fsp3) is 0.588. The zero-order valence-electron chi connectivity index (χ0n) is 13.4. The SMILES string of the molecule is CCc1ccnc(CNC(=O)N2C[C@@H]3CCC[C@@]3(C(=O)O)C2)c1. The summed E-state index contributed by atoms with van der Waals surface area (Å²) < 4.78 is 0. The van der Waals surface area contributed by atoms with E-state index >= 15 is 0 Å². The minimum absolute atomic E-state index is 0.0901. The van der Waals surface area contributed by atoms with Gasteiger partial charge in [-0.25, -0.2) is 4.79 Å². The Balaban J connectivity index is 1.60. The summed E-state index contributed by atoms with van der Waals surface area (Å²) in [5.41, 5.74) is 1.28. The van der Waals surface area contributed by atoms with Crippen LogP contribution in [-0.4, -0.2) is 40.1 Å².